The van der Waals surface area contributed by atoms with Gasteiger partial charge < -0.3 is 0 Å². The van der Waals surface area contributed by atoms with Crippen molar-refractivity contribution < 1.29 is 9.59 Å². The van der Waals surface area contributed by atoms with Crippen molar-refractivity contribution in [1.29, 1.82) is 0 Å². The molecule has 2 heterocycles. The largest absolute Gasteiger partial charge is 0.274 e. The van der Waals surface area contributed by atoms with Crippen LogP contribution in [0.1, 0.15) is 41.6 Å². The van der Waals surface area contributed by atoms with Gasteiger partial charge in [-0.05, 0) is 43.2 Å². The molecule has 0 spiro atoms. The summed E-state index contributed by atoms with van der Waals surface area (Å²) < 4.78 is 0. The summed E-state index contributed by atoms with van der Waals surface area (Å²) in [6.45, 7) is 1.36. The fraction of sp³-hybridized carbons (Fsp3) is 0.364. The Balaban J connectivity index is 1.58. The van der Waals surface area contributed by atoms with Crippen molar-refractivity contribution in [2.45, 2.75) is 50.5 Å². The van der Waals surface area contributed by atoms with Crippen LogP contribution >= 0.6 is 23.1 Å². The van der Waals surface area contributed by atoms with Crippen LogP contribution in [0.2, 0.25) is 0 Å². The molecule has 0 bridgehead atoms. The molecule has 0 fully saturated rings. The summed E-state index contributed by atoms with van der Waals surface area (Å²) in [5, 5.41) is 2.00. The molecule has 6 nitrogen and oxygen atoms in total. The summed E-state index contributed by atoms with van der Waals surface area (Å²) in [6.07, 6.45) is 6.19. The molecule has 1 aromatic carbocycles. The first-order valence-electron chi connectivity index (χ1n) is 10.1. The first kappa shape index (κ1) is 20.8. The second-order valence-electron chi connectivity index (χ2n) is 7.34. The Kier molecular flexibility index (Phi) is 6.64. The van der Waals surface area contributed by atoms with Crippen LogP contribution in [-0.2, 0) is 35.3 Å². The van der Waals surface area contributed by atoms with E-state index in [1.165, 1.54) is 47.5 Å². The summed E-state index contributed by atoms with van der Waals surface area (Å²) in [5.41, 5.74) is 7.37. The van der Waals surface area contributed by atoms with E-state index in [-0.39, 0.29) is 17.6 Å². The van der Waals surface area contributed by atoms with Gasteiger partial charge in [-0.3, -0.25) is 20.4 Å². The van der Waals surface area contributed by atoms with Gasteiger partial charge in [0.1, 0.15) is 15.7 Å². The van der Waals surface area contributed by atoms with Crippen LogP contribution in [0.3, 0.4) is 0 Å². The van der Waals surface area contributed by atoms with Gasteiger partial charge in [0.2, 0.25) is 11.8 Å². The second kappa shape index (κ2) is 9.57. The number of nitrogens with one attached hydrogen (secondary N) is 2. The molecule has 0 unspecified atom stereocenters. The lowest BCUT2D eigenvalue weighted by Crippen LogP contribution is -2.41. The molecule has 0 saturated carbocycles. The molecule has 4 rings (SSSR count). The lowest BCUT2D eigenvalue weighted by atomic mass is 9.97. The third kappa shape index (κ3) is 4.99. The van der Waals surface area contributed by atoms with Gasteiger partial charge in [-0.15, -0.1) is 11.3 Å². The number of aromatic nitrogens is 2. The van der Waals surface area contributed by atoms with E-state index in [0.717, 1.165) is 46.8 Å². The number of carbonyl (C=O) groups excluding carboxylic acids is 2. The smallest absolute Gasteiger partial charge is 0.248 e. The maximum Gasteiger partial charge on any atom is 0.248 e. The van der Waals surface area contributed by atoms with E-state index < -0.39 is 0 Å². The van der Waals surface area contributed by atoms with Gasteiger partial charge in [-0.25, -0.2) is 9.97 Å². The fourth-order valence-corrected chi connectivity index (χ4v) is 5.83. The maximum atomic E-state index is 12.1. The molecule has 30 heavy (non-hydrogen) atoms. The summed E-state index contributed by atoms with van der Waals surface area (Å²) >= 11 is 3.19. The summed E-state index contributed by atoms with van der Waals surface area (Å²) in [4.78, 5) is 35.3. The third-order valence-corrected chi connectivity index (χ3v) is 7.19. The highest BCUT2D eigenvalue weighted by atomic mass is 32.2. The normalized spacial score (nSPS) is 13.1. The van der Waals surface area contributed by atoms with Gasteiger partial charge in [0.05, 0.1) is 5.75 Å². The molecule has 2 amide bonds. The minimum atomic E-state index is -0.298. The molecule has 1 aliphatic carbocycles. The molecule has 2 aromatic heterocycles. The first-order chi connectivity index (χ1) is 14.6. The average molecular weight is 441 g/mol. The minimum absolute atomic E-state index is 0.190. The van der Waals surface area contributed by atoms with E-state index in [2.05, 4.69) is 23.0 Å². The fourth-order valence-electron chi connectivity index (χ4n) is 3.61. The molecule has 0 saturated heterocycles. The topological polar surface area (TPSA) is 84.0 Å². The second-order valence-corrected chi connectivity index (χ2v) is 9.39. The molecule has 3 aromatic rings. The highest BCUT2D eigenvalue weighted by Crippen LogP contribution is 2.39. The van der Waals surface area contributed by atoms with E-state index in [1.807, 2.05) is 18.2 Å². The van der Waals surface area contributed by atoms with Crippen LogP contribution in [0.15, 0.2) is 35.4 Å². The van der Waals surface area contributed by atoms with Gasteiger partial charge >= 0.3 is 0 Å². The number of fused-ring (bicyclic) bond motifs is 3. The number of hydrogen-bond acceptors (Lipinski definition) is 6. The van der Waals surface area contributed by atoms with Crippen LogP contribution in [0, 0.1) is 0 Å². The molecule has 2 N–H and O–H groups in total. The van der Waals surface area contributed by atoms with Crippen molar-refractivity contribution in [2.24, 2.45) is 0 Å². The number of aryl methyl sites for hydroxylation is 4. The minimum Gasteiger partial charge on any atom is -0.274 e. The molecule has 0 aliphatic heterocycles. The van der Waals surface area contributed by atoms with Gasteiger partial charge in [0.25, 0.3) is 0 Å². The maximum absolute atomic E-state index is 12.1. The van der Waals surface area contributed by atoms with Crippen LogP contribution < -0.4 is 10.9 Å². The van der Waals surface area contributed by atoms with E-state index in [1.54, 1.807) is 11.3 Å². The van der Waals surface area contributed by atoms with Crippen molar-refractivity contribution >= 4 is 45.1 Å². The number of nitrogens with zero attached hydrogens (tertiary/aromatic N) is 2. The lowest BCUT2D eigenvalue weighted by molar-refractivity contribution is -0.126. The summed E-state index contributed by atoms with van der Waals surface area (Å²) in [5.74, 6) is 0.453. The number of carbonyl (C=O) groups is 2. The highest BCUT2D eigenvalue weighted by molar-refractivity contribution is 8.00. The van der Waals surface area contributed by atoms with Crippen LogP contribution in [0.4, 0.5) is 0 Å². The van der Waals surface area contributed by atoms with Gasteiger partial charge in [-0.1, -0.05) is 42.1 Å². The Labute approximate surface area is 183 Å². The Morgan fingerprint density at radius 1 is 1.07 bits per heavy atom. The third-order valence-electron chi connectivity index (χ3n) is 5.03. The number of thiophene rings is 1. The Bertz CT molecular complexity index is 1070. The quantitative estimate of drug-likeness (QED) is 0.348. The van der Waals surface area contributed by atoms with Crippen molar-refractivity contribution in [1.82, 2.24) is 20.8 Å². The highest BCUT2D eigenvalue weighted by Gasteiger charge is 2.22. The zero-order chi connectivity index (χ0) is 20.9. The van der Waals surface area contributed by atoms with Gasteiger partial charge in [0, 0.05) is 23.6 Å². The zero-order valence-corrected chi connectivity index (χ0v) is 18.5. The standard InChI is InChI=1S/C22H24N4O2S2/c1-14(27)25-26-19(28)13-29-21-20-16-9-5-6-10-17(16)30-22(20)24-18(23-21)12-11-15-7-3-2-4-8-15/h2-4,7-8H,5-6,9-13H2,1H3,(H,25,27)(H,26,28). The number of amides is 2. The molecule has 0 atom stereocenters. The molecule has 0 radical (unpaired) electrons. The van der Waals surface area contributed by atoms with Crippen molar-refractivity contribution in [2.75, 3.05) is 5.75 Å². The SMILES string of the molecule is CC(=O)NNC(=O)CSc1nc(CCc2ccccc2)nc2sc3c(c12)CCCC3. The molecular weight excluding hydrogens is 416 g/mol. The number of hydrogen-bond donors (Lipinski definition) is 2. The van der Waals surface area contributed by atoms with Crippen molar-refractivity contribution in [3.8, 4) is 0 Å². The number of rotatable bonds is 6. The van der Waals surface area contributed by atoms with Crippen LogP contribution in [0.5, 0.6) is 0 Å². The Hall–Kier alpha value is -2.45. The van der Waals surface area contributed by atoms with Crippen molar-refractivity contribution in [3.05, 3.63) is 52.2 Å². The molecule has 156 valence electrons. The van der Waals surface area contributed by atoms with E-state index >= 15 is 0 Å². The van der Waals surface area contributed by atoms with Gasteiger partial charge in [0.15, 0.2) is 0 Å². The monoisotopic (exact) mass is 440 g/mol. The predicted molar refractivity (Wildman–Crippen MR) is 121 cm³/mol. The van der Waals surface area contributed by atoms with E-state index in [4.69, 9.17) is 9.97 Å². The molecule has 8 heteroatoms. The summed E-state index contributed by atoms with van der Waals surface area (Å²) in [7, 11) is 0. The number of benzene rings is 1. The summed E-state index contributed by atoms with van der Waals surface area (Å²) in [6, 6.07) is 10.3. The van der Waals surface area contributed by atoms with E-state index in [9.17, 15) is 9.59 Å². The number of thioether (sulfide) groups is 1. The molecule has 1 aliphatic rings. The number of hydrazine groups is 1. The Morgan fingerprint density at radius 2 is 1.87 bits per heavy atom. The first-order valence-corrected chi connectivity index (χ1v) is 11.9. The van der Waals surface area contributed by atoms with Crippen molar-refractivity contribution in [3.63, 3.8) is 0 Å². The zero-order valence-electron chi connectivity index (χ0n) is 16.9. The average Bonchev–Trinajstić information content (AvgIpc) is 3.14. The molecular formula is C22H24N4O2S2. The van der Waals surface area contributed by atoms with E-state index in [0.29, 0.717) is 0 Å². The van der Waals surface area contributed by atoms with Gasteiger partial charge in [-0.2, -0.15) is 0 Å². The lowest BCUT2D eigenvalue weighted by Gasteiger charge is -2.12. The Morgan fingerprint density at radius 3 is 2.67 bits per heavy atom. The van der Waals surface area contributed by atoms with Crippen LogP contribution in [0.25, 0.3) is 10.2 Å². The predicted octanol–water partition coefficient (Wildman–Crippen LogP) is 3.61. The van der Waals surface area contributed by atoms with Crippen LogP contribution in [-0.4, -0.2) is 27.5 Å².